The van der Waals surface area contributed by atoms with Crippen LogP contribution in [0.2, 0.25) is 0 Å². The van der Waals surface area contributed by atoms with Gasteiger partial charge in [-0.15, -0.1) is 0 Å². The van der Waals surface area contributed by atoms with Crippen molar-refractivity contribution in [1.82, 2.24) is 0 Å². The number of hydrogen-bond acceptors (Lipinski definition) is 3. The summed E-state index contributed by atoms with van der Waals surface area (Å²) in [7, 11) is 0. The molecule has 54 valence electrons. The zero-order chi connectivity index (χ0) is 7.44. The molecule has 0 saturated heterocycles. The first-order valence-corrected chi connectivity index (χ1v) is 2.93. The van der Waals surface area contributed by atoms with Gasteiger partial charge in [-0.1, -0.05) is 13.8 Å². The molecule has 0 amide bonds. The van der Waals surface area contributed by atoms with Crippen LogP contribution in [0, 0.1) is 5.92 Å². The topological polar surface area (TPSA) is 60.4 Å². The molecule has 3 heteroatoms. The van der Waals surface area contributed by atoms with Gasteiger partial charge in [0.1, 0.15) is 0 Å². The number of carboxylic acids is 1. The SMILES string of the molecule is CC(C)C[C@@H](O)C(=O)[O-]. The molecule has 0 aromatic carbocycles. The predicted octanol–water partition coefficient (Wildman–Crippen LogP) is -0.857. The smallest absolute Gasteiger partial charge is 0.0936 e. The molecule has 0 aliphatic rings. The van der Waals surface area contributed by atoms with Gasteiger partial charge in [-0.25, -0.2) is 0 Å². The first-order chi connectivity index (χ1) is 4.04. The lowest BCUT2D eigenvalue weighted by Gasteiger charge is -2.12. The standard InChI is InChI=1S/C6H12O3/c1-4(2)3-5(7)6(8)9/h4-5,7H,3H2,1-2H3,(H,8,9)/p-1/t5-/m1/s1. The second-order valence-electron chi connectivity index (χ2n) is 2.46. The molecule has 0 aliphatic heterocycles. The highest BCUT2D eigenvalue weighted by molar-refractivity contribution is 5.69. The fourth-order valence-electron chi connectivity index (χ4n) is 0.543. The molecule has 0 bridgehead atoms. The summed E-state index contributed by atoms with van der Waals surface area (Å²) < 4.78 is 0. The van der Waals surface area contributed by atoms with Gasteiger partial charge in [-0.05, 0) is 12.3 Å². The van der Waals surface area contributed by atoms with Gasteiger partial charge >= 0.3 is 0 Å². The fraction of sp³-hybridized carbons (Fsp3) is 0.833. The van der Waals surface area contributed by atoms with Crippen molar-refractivity contribution < 1.29 is 15.0 Å². The summed E-state index contributed by atoms with van der Waals surface area (Å²) in [5.74, 6) is -1.19. The number of carboxylic acid groups (broad SMARTS) is 1. The average molecular weight is 131 g/mol. The van der Waals surface area contributed by atoms with Crippen molar-refractivity contribution >= 4 is 5.97 Å². The molecule has 0 heterocycles. The third-order valence-corrected chi connectivity index (χ3v) is 0.967. The highest BCUT2D eigenvalue weighted by Gasteiger charge is 2.05. The van der Waals surface area contributed by atoms with Crippen molar-refractivity contribution in [3.05, 3.63) is 0 Å². The summed E-state index contributed by atoms with van der Waals surface area (Å²) in [6.45, 7) is 3.68. The summed E-state index contributed by atoms with van der Waals surface area (Å²) >= 11 is 0. The Morgan fingerprint density at radius 2 is 2.11 bits per heavy atom. The van der Waals surface area contributed by atoms with E-state index < -0.39 is 12.1 Å². The van der Waals surface area contributed by atoms with Crippen LogP contribution in [0.1, 0.15) is 20.3 Å². The van der Waals surface area contributed by atoms with E-state index in [9.17, 15) is 9.90 Å². The molecule has 1 atom stereocenters. The molecule has 0 aliphatic carbocycles. The van der Waals surface area contributed by atoms with E-state index in [1.807, 2.05) is 13.8 Å². The lowest BCUT2D eigenvalue weighted by atomic mass is 10.1. The summed E-state index contributed by atoms with van der Waals surface area (Å²) in [6, 6.07) is 0. The van der Waals surface area contributed by atoms with E-state index in [0.29, 0.717) is 0 Å². The molecule has 0 fully saturated rings. The molecule has 9 heavy (non-hydrogen) atoms. The monoisotopic (exact) mass is 131 g/mol. The number of rotatable bonds is 3. The van der Waals surface area contributed by atoms with Crippen LogP contribution < -0.4 is 5.11 Å². The van der Waals surface area contributed by atoms with Crippen LogP contribution in [0.3, 0.4) is 0 Å². The van der Waals surface area contributed by atoms with E-state index in [1.54, 1.807) is 0 Å². The second-order valence-corrected chi connectivity index (χ2v) is 2.46. The molecule has 0 radical (unpaired) electrons. The lowest BCUT2D eigenvalue weighted by molar-refractivity contribution is -0.315. The minimum atomic E-state index is -1.39. The van der Waals surface area contributed by atoms with Crippen LogP contribution in [0.5, 0.6) is 0 Å². The third-order valence-electron chi connectivity index (χ3n) is 0.967. The quantitative estimate of drug-likeness (QED) is 0.542. The maximum absolute atomic E-state index is 9.87. The molecular weight excluding hydrogens is 120 g/mol. The first-order valence-electron chi connectivity index (χ1n) is 2.93. The van der Waals surface area contributed by atoms with Gasteiger partial charge in [-0.3, -0.25) is 0 Å². The third kappa shape index (κ3) is 3.97. The van der Waals surface area contributed by atoms with Gasteiger partial charge in [0, 0.05) is 0 Å². The van der Waals surface area contributed by atoms with Gasteiger partial charge in [-0.2, -0.15) is 0 Å². The van der Waals surface area contributed by atoms with E-state index in [1.165, 1.54) is 0 Å². The molecular formula is C6H11O3-. The Balaban J connectivity index is 3.50. The summed E-state index contributed by atoms with van der Waals surface area (Å²) in [5.41, 5.74) is 0. The minimum absolute atomic E-state index is 0.192. The van der Waals surface area contributed by atoms with Gasteiger partial charge in [0.05, 0.1) is 12.1 Å². The Morgan fingerprint density at radius 1 is 1.67 bits per heavy atom. The van der Waals surface area contributed by atoms with E-state index in [4.69, 9.17) is 5.11 Å². The van der Waals surface area contributed by atoms with Crippen LogP contribution >= 0.6 is 0 Å². The van der Waals surface area contributed by atoms with Crippen molar-refractivity contribution in [2.75, 3.05) is 0 Å². The van der Waals surface area contributed by atoms with E-state index in [0.717, 1.165) is 0 Å². The summed E-state index contributed by atoms with van der Waals surface area (Å²) in [5, 5.41) is 18.5. The molecule has 0 rings (SSSR count). The van der Waals surface area contributed by atoms with E-state index >= 15 is 0 Å². The first kappa shape index (κ1) is 8.43. The molecule has 0 saturated carbocycles. The van der Waals surface area contributed by atoms with E-state index in [-0.39, 0.29) is 12.3 Å². The summed E-state index contributed by atoms with van der Waals surface area (Å²) in [6.07, 6.45) is -1.03. The lowest BCUT2D eigenvalue weighted by Crippen LogP contribution is -2.36. The van der Waals surface area contributed by atoms with Crippen LogP contribution in [0.15, 0.2) is 0 Å². The number of aliphatic hydroxyl groups excluding tert-OH is 1. The average Bonchev–Trinajstić information content (AvgIpc) is 1.63. The zero-order valence-corrected chi connectivity index (χ0v) is 5.63. The highest BCUT2D eigenvalue weighted by atomic mass is 16.4. The van der Waals surface area contributed by atoms with Crippen molar-refractivity contribution in [2.45, 2.75) is 26.4 Å². The van der Waals surface area contributed by atoms with Crippen LogP contribution in [0.4, 0.5) is 0 Å². The molecule has 0 aromatic rings. The van der Waals surface area contributed by atoms with Crippen molar-refractivity contribution in [2.24, 2.45) is 5.92 Å². The highest BCUT2D eigenvalue weighted by Crippen LogP contribution is 2.02. The number of carbonyl (C=O) groups is 1. The Hall–Kier alpha value is -0.570. The molecule has 0 unspecified atom stereocenters. The van der Waals surface area contributed by atoms with Crippen LogP contribution in [-0.4, -0.2) is 17.2 Å². The normalized spacial score (nSPS) is 13.8. The Bertz CT molecular complexity index is 98.5. The number of aliphatic hydroxyl groups is 1. The molecule has 0 spiro atoms. The fourth-order valence-corrected chi connectivity index (χ4v) is 0.543. The van der Waals surface area contributed by atoms with Gasteiger partial charge in [0.25, 0.3) is 0 Å². The van der Waals surface area contributed by atoms with E-state index in [2.05, 4.69) is 0 Å². The Kier molecular flexibility index (Phi) is 3.24. The molecule has 0 aromatic heterocycles. The maximum Gasteiger partial charge on any atom is 0.0936 e. The van der Waals surface area contributed by atoms with Gasteiger partial charge in [0.15, 0.2) is 0 Å². The molecule has 3 nitrogen and oxygen atoms in total. The Labute approximate surface area is 54.3 Å². The van der Waals surface area contributed by atoms with Crippen LogP contribution in [-0.2, 0) is 4.79 Å². The predicted molar refractivity (Wildman–Crippen MR) is 30.5 cm³/mol. The number of aliphatic carboxylic acids is 1. The van der Waals surface area contributed by atoms with Gasteiger partial charge < -0.3 is 15.0 Å². The van der Waals surface area contributed by atoms with Crippen LogP contribution in [0.25, 0.3) is 0 Å². The largest absolute Gasteiger partial charge is 0.547 e. The maximum atomic E-state index is 9.87. The van der Waals surface area contributed by atoms with Gasteiger partial charge in [0.2, 0.25) is 0 Å². The number of carbonyl (C=O) groups excluding carboxylic acids is 1. The Morgan fingerprint density at radius 3 is 2.22 bits per heavy atom. The minimum Gasteiger partial charge on any atom is -0.547 e. The van der Waals surface area contributed by atoms with Crippen molar-refractivity contribution in [1.29, 1.82) is 0 Å². The summed E-state index contributed by atoms with van der Waals surface area (Å²) in [4.78, 5) is 9.87. The number of hydrogen-bond donors (Lipinski definition) is 1. The van der Waals surface area contributed by atoms with Crippen molar-refractivity contribution in [3.63, 3.8) is 0 Å². The zero-order valence-electron chi connectivity index (χ0n) is 5.63. The second kappa shape index (κ2) is 3.45. The molecule has 1 N–H and O–H groups in total. The van der Waals surface area contributed by atoms with Crippen molar-refractivity contribution in [3.8, 4) is 0 Å².